The van der Waals surface area contributed by atoms with Crippen molar-refractivity contribution in [1.82, 2.24) is 4.90 Å². The van der Waals surface area contributed by atoms with Gasteiger partial charge < -0.3 is 15.0 Å². The van der Waals surface area contributed by atoms with Crippen LogP contribution in [0.25, 0.3) is 0 Å². The lowest BCUT2D eigenvalue weighted by atomic mass is 10.0. The molecular weight excluding hydrogens is 243 g/mol. The Kier molecular flexibility index (Phi) is 5.02. The molecule has 1 aliphatic rings. The smallest absolute Gasteiger partial charge is 0.145 e. The van der Waals surface area contributed by atoms with Crippen LogP contribution < -0.4 is 10.1 Å². The van der Waals surface area contributed by atoms with Crippen LogP contribution in [0.2, 0.25) is 0 Å². The van der Waals surface area contributed by atoms with E-state index in [9.17, 15) is 4.39 Å². The topological polar surface area (TPSA) is 24.5 Å². The highest BCUT2D eigenvalue weighted by Gasteiger charge is 2.19. The molecule has 1 aromatic rings. The number of rotatable bonds is 5. The zero-order valence-electron chi connectivity index (χ0n) is 11.8. The van der Waals surface area contributed by atoms with Crippen molar-refractivity contribution in [2.45, 2.75) is 32.7 Å². The maximum atomic E-state index is 13.2. The quantitative estimate of drug-likeness (QED) is 0.886. The standard InChI is InChI=1S/C15H23FN2O/c1-3-18-9-7-13(8-10-18)17-14-6-5-12(16)11-15(14)19-4-2/h5-6,11,13,17H,3-4,7-10H2,1-2H3. The van der Waals surface area contributed by atoms with Gasteiger partial charge in [-0.15, -0.1) is 0 Å². The number of halogens is 1. The average molecular weight is 266 g/mol. The third kappa shape index (κ3) is 3.83. The van der Waals surface area contributed by atoms with E-state index in [1.807, 2.05) is 6.92 Å². The van der Waals surface area contributed by atoms with Gasteiger partial charge in [0.2, 0.25) is 0 Å². The Hall–Kier alpha value is -1.29. The summed E-state index contributed by atoms with van der Waals surface area (Å²) in [5.74, 6) is 0.357. The second-order valence-corrected chi connectivity index (χ2v) is 4.93. The van der Waals surface area contributed by atoms with Crippen LogP contribution in [0.1, 0.15) is 26.7 Å². The Morgan fingerprint density at radius 2 is 2.05 bits per heavy atom. The highest BCUT2D eigenvalue weighted by atomic mass is 19.1. The van der Waals surface area contributed by atoms with E-state index in [-0.39, 0.29) is 5.82 Å². The van der Waals surface area contributed by atoms with Crippen molar-refractivity contribution in [1.29, 1.82) is 0 Å². The number of benzene rings is 1. The summed E-state index contributed by atoms with van der Waals surface area (Å²) in [6, 6.07) is 5.15. The lowest BCUT2D eigenvalue weighted by Crippen LogP contribution is -2.38. The summed E-state index contributed by atoms with van der Waals surface area (Å²) < 4.78 is 18.7. The molecule has 1 heterocycles. The van der Waals surface area contributed by atoms with Crippen molar-refractivity contribution < 1.29 is 9.13 Å². The molecule has 1 aliphatic heterocycles. The van der Waals surface area contributed by atoms with Crippen molar-refractivity contribution in [2.24, 2.45) is 0 Å². The maximum absolute atomic E-state index is 13.2. The number of anilines is 1. The predicted molar refractivity (Wildman–Crippen MR) is 76.3 cm³/mol. The number of ether oxygens (including phenoxy) is 1. The fourth-order valence-electron chi connectivity index (χ4n) is 2.50. The lowest BCUT2D eigenvalue weighted by molar-refractivity contribution is 0.229. The molecule has 3 nitrogen and oxygen atoms in total. The number of hydrogen-bond donors (Lipinski definition) is 1. The van der Waals surface area contributed by atoms with E-state index in [4.69, 9.17) is 4.74 Å². The zero-order valence-corrected chi connectivity index (χ0v) is 11.8. The molecule has 19 heavy (non-hydrogen) atoms. The first-order valence-corrected chi connectivity index (χ1v) is 7.14. The highest BCUT2D eigenvalue weighted by Crippen LogP contribution is 2.27. The third-order valence-corrected chi connectivity index (χ3v) is 3.64. The van der Waals surface area contributed by atoms with Gasteiger partial charge in [-0.1, -0.05) is 6.92 Å². The first-order chi connectivity index (χ1) is 9.22. The minimum absolute atomic E-state index is 0.255. The summed E-state index contributed by atoms with van der Waals surface area (Å²) in [7, 11) is 0. The van der Waals surface area contributed by atoms with Crippen LogP contribution in [0.3, 0.4) is 0 Å². The van der Waals surface area contributed by atoms with E-state index >= 15 is 0 Å². The molecule has 0 bridgehead atoms. The number of nitrogens with one attached hydrogen (secondary N) is 1. The van der Waals surface area contributed by atoms with Crippen LogP contribution in [-0.2, 0) is 0 Å². The van der Waals surface area contributed by atoms with E-state index in [0.717, 1.165) is 38.2 Å². The van der Waals surface area contributed by atoms with Gasteiger partial charge in [-0.3, -0.25) is 0 Å². The summed E-state index contributed by atoms with van der Waals surface area (Å²) in [5, 5.41) is 3.49. The minimum Gasteiger partial charge on any atom is -0.492 e. The van der Waals surface area contributed by atoms with Crippen molar-refractivity contribution in [3.8, 4) is 5.75 Å². The fourth-order valence-corrected chi connectivity index (χ4v) is 2.50. The Balaban J connectivity index is 1.99. The molecule has 0 aliphatic carbocycles. The molecule has 2 rings (SSSR count). The van der Waals surface area contributed by atoms with E-state index in [1.54, 1.807) is 6.07 Å². The minimum atomic E-state index is -0.255. The van der Waals surface area contributed by atoms with E-state index in [1.165, 1.54) is 12.1 Å². The summed E-state index contributed by atoms with van der Waals surface area (Å²) in [6.45, 7) is 8.02. The largest absolute Gasteiger partial charge is 0.492 e. The van der Waals surface area contributed by atoms with Crippen LogP contribution in [-0.4, -0.2) is 37.2 Å². The van der Waals surface area contributed by atoms with Crippen molar-refractivity contribution in [3.63, 3.8) is 0 Å². The Labute approximate surface area is 114 Å². The number of piperidine rings is 1. The molecule has 0 radical (unpaired) electrons. The predicted octanol–water partition coefficient (Wildman–Crippen LogP) is 3.12. The van der Waals surface area contributed by atoms with Gasteiger partial charge in [0.05, 0.1) is 12.3 Å². The summed E-state index contributed by atoms with van der Waals surface area (Å²) in [5.41, 5.74) is 0.901. The van der Waals surface area contributed by atoms with Gasteiger partial charge in [0.25, 0.3) is 0 Å². The van der Waals surface area contributed by atoms with Crippen LogP contribution in [0.15, 0.2) is 18.2 Å². The zero-order chi connectivity index (χ0) is 13.7. The second kappa shape index (κ2) is 6.75. The summed E-state index contributed by atoms with van der Waals surface area (Å²) in [4.78, 5) is 2.45. The van der Waals surface area contributed by atoms with Gasteiger partial charge in [-0.2, -0.15) is 0 Å². The maximum Gasteiger partial charge on any atom is 0.145 e. The van der Waals surface area contributed by atoms with E-state index < -0.39 is 0 Å². The van der Waals surface area contributed by atoms with E-state index in [0.29, 0.717) is 18.4 Å². The van der Waals surface area contributed by atoms with Crippen LogP contribution in [0.5, 0.6) is 5.75 Å². The first kappa shape index (κ1) is 14.1. The van der Waals surface area contributed by atoms with Gasteiger partial charge in [0.1, 0.15) is 11.6 Å². The molecular formula is C15H23FN2O. The molecule has 0 spiro atoms. The van der Waals surface area contributed by atoms with E-state index in [2.05, 4.69) is 17.1 Å². The monoisotopic (exact) mass is 266 g/mol. The molecule has 0 saturated carbocycles. The van der Waals surface area contributed by atoms with Crippen molar-refractivity contribution in [2.75, 3.05) is 31.6 Å². The number of likely N-dealkylation sites (tertiary alicyclic amines) is 1. The lowest BCUT2D eigenvalue weighted by Gasteiger charge is -2.32. The Morgan fingerprint density at radius 1 is 1.32 bits per heavy atom. The molecule has 0 amide bonds. The molecule has 1 aromatic carbocycles. The molecule has 0 atom stereocenters. The van der Waals surface area contributed by atoms with Gasteiger partial charge in [-0.05, 0) is 38.4 Å². The molecule has 1 saturated heterocycles. The van der Waals surface area contributed by atoms with Crippen molar-refractivity contribution >= 4 is 5.69 Å². The van der Waals surface area contributed by atoms with Gasteiger partial charge in [-0.25, -0.2) is 4.39 Å². The molecule has 1 N–H and O–H groups in total. The van der Waals surface area contributed by atoms with Crippen LogP contribution in [0.4, 0.5) is 10.1 Å². The molecule has 0 aromatic heterocycles. The summed E-state index contributed by atoms with van der Waals surface area (Å²) in [6.07, 6.45) is 2.24. The number of nitrogens with zero attached hydrogens (tertiary/aromatic N) is 1. The molecule has 1 fully saturated rings. The van der Waals surface area contributed by atoms with Crippen LogP contribution in [0, 0.1) is 5.82 Å². The molecule has 106 valence electrons. The first-order valence-electron chi connectivity index (χ1n) is 7.14. The van der Waals surface area contributed by atoms with Gasteiger partial charge in [0.15, 0.2) is 0 Å². The fraction of sp³-hybridized carbons (Fsp3) is 0.600. The van der Waals surface area contributed by atoms with Crippen LogP contribution >= 0.6 is 0 Å². The SMILES string of the molecule is CCOc1cc(F)ccc1NC1CCN(CC)CC1. The third-order valence-electron chi connectivity index (χ3n) is 3.64. The van der Waals surface area contributed by atoms with Crippen molar-refractivity contribution in [3.05, 3.63) is 24.0 Å². The average Bonchev–Trinajstić information content (AvgIpc) is 2.43. The normalized spacial score (nSPS) is 17.4. The Bertz CT molecular complexity index is 403. The second-order valence-electron chi connectivity index (χ2n) is 4.93. The van der Waals surface area contributed by atoms with Gasteiger partial charge >= 0.3 is 0 Å². The highest BCUT2D eigenvalue weighted by molar-refractivity contribution is 5.57. The Morgan fingerprint density at radius 3 is 2.68 bits per heavy atom. The molecule has 4 heteroatoms. The van der Waals surface area contributed by atoms with Gasteiger partial charge in [0, 0.05) is 25.2 Å². The summed E-state index contributed by atoms with van der Waals surface area (Å²) >= 11 is 0. The number of hydrogen-bond acceptors (Lipinski definition) is 3. The molecule has 0 unspecified atom stereocenters.